The van der Waals surface area contributed by atoms with E-state index in [1.165, 1.54) is 6.33 Å². The van der Waals surface area contributed by atoms with Crippen LogP contribution in [0.3, 0.4) is 0 Å². The summed E-state index contributed by atoms with van der Waals surface area (Å²) in [5, 5.41) is 4.44. The lowest BCUT2D eigenvalue weighted by molar-refractivity contribution is 0.190. The summed E-state index contributed by atoms with van der Waals surface area (Å²) in [7, 11) is 3.33. The van der Waals surface area contributed by atoms with E-state index in [-0.39, 0.29) is 0 Å². The minimum absolute atomic E-state index is 0.492. The summed E-state index contributed by atoms with van der Waals surface area (Å²) in [6, 6.07) is 1.98. The van der Waals surface area contributed by atoms with Crippen molar-refractivity contribution in [1.29, 1.82) is 0 Å². The first-order chi connectivity index (χ1) is 11.1. The van der Waals surface area contributed by atoms with Crippen LogP contribution < -0.4 is 10.6 Å². The predicted molar refractivity (Wildman–Crippen MR) is 89.0 cm³/mol. The zero-order valence-corrected chi connectivity index (χ0v) is 14.1. The Morgan fingerprint density at radius 2 is 1.78 bits per heavy atom. The molecule has 0 aliphatic heterocycles. The third kappa shape index (κ3) is 3.96. The van der Waals surface area contributed by atoms with Crippen molar-refractivity contribution in [2.45, 2.75) is 13.8 Å². The van der Waals surface area contributed by atoms with E-state index in [0.717, 1.165) is 11.4 Å². The van der Waals surface area contributed by atoms with Crippen LogP contribution in [0, 0.1) is 13.8 Å². The van der Waals surface area contributed by atoms with Crippen LogP contribution in [-0.4, -0.2) is 60.3 Å². The Kier molecular flexibility index (Phi) is 5.89. The van der Waals surface area contributed by atoms with E-state index in [4.69, 9.17) is 15.2 Å². The number of nitrogens with two attached hydrogens (primary N) is 1. The molecule has 2 rings (SSSR count). The molecule has 0 radical (unpaired) electrons. The number of hydrogen-bond acceptors (Lipinski definition) is 7. The van der Waals surface area contributed by atoms with Crippen LogP contribution in [0.5, 0.6) is 0 Å². The zero-order chi connectivity index (χ0) is 16.8. The third-order valence-electron chi connectivity index (χ3n) is 3.48. The molecule has 0 bridgehead atoms. The second-order valence-corrected chi connectivity index (χ2v) is 5.25. The molecule has 126 valence electrons. The number of nitrogens with zero attached hydrogens (tertiary/aromatic N) is 5. The fraction of sp³-hybridized carbons (Fsp3) is 0.533. The lowest BCUT2D eigenvalue weighted by Gasteiger charge is -2.24. The molecule has 0 unspecified atom stereocenters. The van der Waals surface area contributed by atoms with Crippen molar-refractivity contribution in [1.82, 2.24) is 19.7 Å². The molecule has 0 saturated heterocycles. The molecule has 23 heavy (non-hydrogen) atoms. The monoisotopic (exact) mass is 320 g/mol. The topological polar surface area (TPSA) is 91.3 Å². The van der Waals surface area contributed by atoms with Gasteiger partial charge < -0.3 is 20.1 Å². The second kappa shape index (κ2) is 7.89. The number of aromatic nitrogens is 4. The summed E-state index contributed by atoms with van der Waals surface area (Å²) in [5.74, 6) is 1.25. The summed E-state index contributed by atoms with van der Waals surface area (Å²) >= 11 is 0. The summed E-state index contributed by atoms with van der Waals surface area (Å²) in [4.78, 5) is 10.7. The van der Waals surface area contributed by atoms with Crippen LogP contribution in [-0.2, 0) is 9.47 Å². The molecule has 2 N–H and O–H groups in total. The Labute approximate surface area is 136 Å². The van der Waals surface area contributed by atoms with Crippen LogP contribution >= 0.6 is 0 Å². The molecule has 0 aliphatic carbocycles. The van der Waals surface area contributed by atoms with Crippen molar-refractivity contribution in [3.05, 3.63) is 23.8 Å². The van der Waals surface area contributed by atoms with Crippen molar-refractivity contribution < 1.29 is 9.47 Å². The highest BCUT2D eigenvalue weighted by atomic mass is 16.5. The molecule has 0 atom stereocenters. The quantitative estimate of drug-likeness (QED) is 0.774. The first kappa shape index (κ1) is 17.2. The van der Waals surface area contributed by atoms with Crippen LogP contribution in [0.15, 0.2) is 12.4 Å². The molecule has 0 aliphatic rings. The normalized spacial score (nSPS) is 11.0. The maximum atomic E-state index is 6.33. The van der Waals surface area contributed by atoms with Gasteiger partial charge in [0.2, 0.25) is 0 Å². The Morgan fingerprint density at radius 3 is 2.30 bits per heavy atom. The highest BCUT2D eigenvalue weighted by Gasteiger charge is 2.17. The van der Waals surface area contributed by atoms with Gasteiger partial charge in [0, 0.05) is 33.0 Å². The lowest BCUT2D eigenvalue weighted by Crippen LogP contribution is -2.32. The van der Waals surface area contributed by atoms with Crippen molar-refractivity contribution >= 4 is 11.5 Å². The van der Waals surface area contributed by atoms with Crippen molar-refractivity contribution in [3.63, 3.8) is 0 Å². The maximum Gasteiger partial charge on any atom is 0.182 e. The molecule has 2 heterocycles. The number of rotatable bonds is 8. The number of ether oxygens (including phenoxy) is 2. The minimum Gasteiger partial charge on any atom is -0.393 e. The molecule has 2 aromatic heterocycles. The number of hydrogen-bond donors (Lipinski definition) is 1. The van der Waals surface area contributed by atoms with Gasteiger partial charge in [0.25, 0.3) is 0 Å². The molecular weight excluding hydrogens is 296 g/mol. The van der Waals surface area contributed by atoms with Crippen molar-refractivity contribution in [3.8, 4) is 5.82 Å². The lowest BCUT2D eigenvalue weighted by atomic mass is 10.3. The Morgan fingerprint density at radius 1 is 1.13 bits per heavy atom. The van der Waals surface area contributed by atoms with Gasteiger partial charge in [0.1, 0.15) is 12.0 Å². The average Bonchev–Trinajstić information content (AvgIpc) is 2.87. The van der Waals surface area contributed by atoms with E-state index in [2.05, 4.69) is 15.1 Å². The van der Waals surface area contributed by atoms with Gasteiger partial charge >= 0.3 is 0 Å². The Hall–Kier alpha value is -2.19. The summed E-state index contributed by atoms with van der Waals surface area (Å²) in [6.45, 7) is 6.38. The second-order valence-electron chi connectivity index (χ2n) is 5.25. The van der Waals surface area contributed by atoms with Gasteiger partial charge in [-0.1, -0.05) is 0 Å². The summed E-state index contributed by atoms with van der Waals surface area (Å²) in [5.41, 5.74) is 8.71. The van der Waals surface area contributed by atoms with Gasteiger partial charge in [-0.25, -0.2) is 14.6 Å². The highest BCUT2D eigenvalue weighted by Crippen LogP contribution is 2.25. The molecule has 0 saturated carbocycles. The van der Waals surface area contributed by atoms with E-state index < -0.39 is 0 Å². The van der Waals surface area contributed by atoms with E-state index in [9.17, 15) is 0 Å². The molecule has 0 spiro atoms. The van der Waals surface area contributed by atoms with Crippen LogP contribution in [0.25, 0.3) is 5.82 Å². The van der Waals surface area contributed by atoms with E-state index >= 15 is 0 Å². The van der Waals surface area contributed by atoms with Gasteiger partial charge in [-0.2, -0.15) is 5.10 Å². The SMILES string of the molecule is COCCN(CCOC)c1ncnc(-n2nc(C)cc2C)c1N. The average molecular weight is 320 g/mol. The van der Waals surface area contributed by atoms with Crippen molar-refractivity contribution in [2.24, 2.45) is 0 Å². The fourth-order valence-corrected chi connectivity index (χ4v) is 2.37. The predicted octanol–water partition coefficient (Wildman–Crippen LogP) is 0.961. The number of aryl methyl sites for hydroxylation is 2. The van der Waals surface area contributed by atoms with E-state index in [0.29, 0.717) is 43.6 Å². The van der Waals surface area contributed by atoms with Crippen LogP contribution in [0.2, 0.25) is 0 Å². The maximum absolute atomic E-state index is 6.33. The van der Waals surface area contributed by atoms with Gasteiger partial charge in [-0.3, -0.25) is 0 Å². The molecule has 0 amide bonds. The Balaban J connectivity index is 2.38. The smallest absolute Gasteiger partial charge is 0.182 e. The first-order valence-corrected chi connectivity index (χ1v) is 7.45. The zero-order valence-electron chi connectivity index (χ0n) is 14.1. The van der Waals surface area contributed by atoms with E-state index in [1.807, 2.05) is 24.8 Å². The highest BCUT2D eigenvalue weighted by molar-refractivity contribution is 5.70. The van der Waals surface area contributed by atoms with Crippen LogP contribution in [0.1, 0.15) is 11.4 Å². The summed E-state index contributed by atoms with van der Waals surface area (Å²) < 4.78 is 12.1. The third-order valence-corrected chi connectivity index (χ3v) is 3.48. The van der Waals surface area contributed by atoms with Gasteiger partial charge in [0.15, 0.2) is 11.6 Å². The molecule has 2 aromatic rings. The number of methoxy groups -OCH3 is 2. The van der Waals surface area contributed by atoms with Crippen molar-refractivity contribution in [2.75, 3.05) is 51.2 Å². The Bertz CT molecular complexity index is 635. The van der Waals surface area contributed by atoms with E-state index in [1.54, 1.807) is 18.9 Å². The standard InChI is InChI=1S/C15H24N6O2/c1-11-9-12(2)21(19-11)15-13(16)14(17-10-18-15)20(5-7-22-3)6-8-23-4/h9-10H,5-8,16H2,1-4H3. The molecule has 8 heteroatoms. The molecular formula is C15H24N6O2. The van der Waals surface area contributed by atoms with Gasteiger partial charge in [-0.05, 0) is 19.9 Å². The van der Waals surface area contributed by atoms with Gasteiger partial charge in [0.05, 0.1) is 18.9 Å². The van der Waals surface area contributed by atoms with Crippen LogP contribution in [0.4, 0.5) is 11.5 Å². The molecule has 0 fully saturated rings. The van der Waals surface area contributed by atoms with Gasteiger partial charge in [-0.15, -0.1) is 0 Å². The number of anilines is 2. The number of nitrogen functional groups attached to an aromatic ring is 1. The molecule has 8 nitrogen and oxygen atoms in total. The fourth-order valence-electron chi connectivity index (χ4n) is 2.37. The minimum atomic E-state index is 0.492. The first-order valence-electron chi connectivity index (χ1n) is 7.45. The molecule has 0 aromatic carbocycles. The largest absolute Gasteiger partial charge is 0.393 e. The summed E-state index contributed by atoms with van der Waals surface area (Å²) in [6.07, 6.45) is 1.50.